The minimum Gasteiger partial charge on any atom is -0.388 e. The second kappa shape index (κ2) is 6.20. The van der Waals surface area contributed by atoms with Crippen molar-refractivity contribution in [3.05, 3.63) is 30.1 Å². The molecule has 0 radical (unpaired) electrons. The lowest BCUT2D eigenvalue weighted by Gasteiger charge is -2.36. The third-order valence-corrected chi connectivity index (χ3v) is 4.15. The molecular weight excluding hydrogens is 248 g/mol. The summed E-state index contributed by atoms with van der Waals surface area (Å²) < 4.78 is 0. The number of nitrogens with one attached hydrogen (secondary N) is 1. The van der Waals surface area contributed by atoms with Crippen molar-refractivity contribution in [3.63, 3.8) is 0 Å². The summed E-state index contributed by atoms with van der Waals surface area (Å²) in [5, 5.41) is 12.6. The van der Waals surface area contributed by atoms with Crippen LogP contribution in [0.25, 0.3) is 0 Å². The molecule has 1 amide bonds. The highest BCUT2D eigenvalue weighted by atomic mass is 32.2. The van der Waals surface area contributed by atoms with Crippen molar-refractivity contribution in [2.45, 2.75) is 30.6 Å². The Labute approximate surface area is 111 Å². The third kappa shape index (κ3) is 3.99. The molecule has 0 bridgehead atoms. The van der Waals surface area contributed by atoms with Crippen LogP contribution in [-0.2, 0) is 10.5 Å². The Kier molecular flexibility index (Phi) is 4.60. The zero-order chi connectivity index (χ0) is 12.8. The average molecular weight is 266 g/mol. The maximum absolute atomic E-state index is 11.6. The summed E-state index contributed by atoms with van der Waals surface area (Å²) in [6.07, 6.45) is 6.17. The number of amides is 1. The number of hydrogen-bond acceptors (Lipinski definition) is 4. The zero-order valence-electron chi connectivity index (χ0n) is 10.3. The molecule has 1 fully saturated rings. The van der Waals surface area contributed by atoms with E-state index in [1.807, 2.05) is 12.1 Å². The van der Waals surface area contributed by atoms with Crippen LogP contribution in [0.4, 0.5) is 0 Å². The Hall–Kier alpha value is -1.07. The Balaban J connectivity index is 1.60. The van der Waals surface area contributed by atoms with E-state index in [2.05, 4.69) is 10.3 Å². The summed E-state index contributed by atoms with van der Waals surface area (Å²) in [7, 11) is 0. The van der Waals surface area contributed by atoms with Crippen molar-refractivity contribution in [2.75, 3.05) is 12.3 Å². The van der Waals surface area contributed by atoms with Crippen molar-refractivity contribution < 1.29 is 9.90 Å². The van der Waals surface area contributed by atoms with Crippen molar-refractivity contribution in [3.8, 4) is 0 Å². The predicted molar refractivity (Wildman–Crippen MR) is 72.2 cm³/mol. The van der Waals surface area contributed by atoms with Crippen molar-refractivity contribution in [1.29, 1.82) is 0 Å². The molecule has 0 spiro atoms. The van der Waals surface area contributed by atoms with Gasteiger partial charge in [-0.05, 0) is 37.0 Å². The molecule has 0 aromatic carbocycles. The fourth-order valence-corrected chi connectivity index (χ4v) is 2.63. The van der Waals surface area contributed by atoms with Crippen molar-refractivity contribution >= 4 is 17.7 Å². The molecule has 0 saturated heterocycles. The molecule has 1 saturated carbocycles. The van der Waals surface area contributed by atoms with Crippen LogP contribution in [0.2, 0.25) is 0 Å². The van der Waals surface area contributed by atoms with Crippen molar-refractivity contribution in [2.24, 2.45) is 0 Å². The van der Waals surface area contributed by atoms with Crippen LogP contribution in [0, 0.1) is 0 Å². The first kappa shape index (κ1) is 13.4. The van der Waals surface area contributed by atoms with Crippen LogP contribution in [0.1, 0.15) is 24.8 Å². The van der Waals surface area contributed by atoms with Gasteiger partial charge < -0.3 is 10.4 Å². The maximum atomic E-state index is 11.6. The number of carbonyl (C=O) groups excluding carboxylic acids is 1. The molecule has 5 heteroatoms. The largest absolute Gasteiger partial charge is 0.388 e. The summed E-state index contributed by atoms with van der Waals surface area (Å²) >= 11 is 1.57. The number of aromatic nitrogens is 1. The standard InChI is InChI=1S/C13H18N2O2S/c16-12(15-10-13(17)4-1-5-13)9-18-8-11-2-6-14-7-3-11/h2-3,6-7,17H,1,4-5,8-10H2,(H,15,16). The number of rotatable bonds is 6. The molecule has 1 aliphatic rings. The molecule has 0 atom stereocenters. The number of thioether (sulfide) groups is 1. The van der Waals surface area contributed by atoms with E-state index in [1.165, 1.54) is 5.56 Å². The van der Waals surface area contributed by atoms with Crippen LogP contribution >= 0.6 is 11.8 Å². The summed E-state index contributed by atoms with van der Waals surface area (Å²) in [5.41, 5.74) is 0.534. The molecular formula is C13H18N2O2S. The maximum Gasteiger partial charge on any atom is 0.230 e. The van der Waals surface area contributed by atoms with Gasteiger partial charge in [-0.3, -0.25) is 9.78 Å². The van der Waals surface area contributed by atoms with E-state index >= 15 is 0 Å². The van der Waals surface area contributed by atoms with Crippen molar-refractivity contribution in [1.82, 2.24) is 10.3 Å². The van der Waals surface area contributed by atoms with E-state index < -0.39 is 5.60 Å². The molecule has 2 rings (SSSR count). The Morgan fingerprint density at radius 2 is 2.17 bits per heavy atom. The third-order valence-electron chi connectivity index (χ3n) is 3.15. The summed E-state index contributed by atoms with van der Waals surface area (Å²) in [6.45, 7) is 0.391. The average Bonchev–Trinajstić information content (AvgIpc) is 2.35. The number of pyridine rings is 1. The van der Waals surface area contributed by atoms with Crippen LogP contribution in [0.5, 0.6) is 0 Å². The number of aliphatic hydroxyl groups is 1. The van der Waals surface area contributed by atoms with E-state index in [4.69, 9.17) is 0 Å². The molecule has 1 aromatic rings. The van der Waals surface area contributed by atoms with E-state index in [1.54, 1.807) is 24.2 Å². The highest BCUT2D eigenvalue weighted by Gasteiger charge is 2.34. The van der Waals surface area contributed by atoms with Gasteiger partial charge in [0.15, 0.2) is 0 Å². The fourth-order valence-electron chi connectivity index (χ4n) is 1.82. The monoisotopic (exact) mass is 266 g/mol. The van der Waals surface area contributed by atoms with E-state index in [0.717, 1.165) is 25.0 Å². The summed E-state index contributed by atoms with van der Waals surface area (Å²) in [5.74, 6) is 1.23. The van der Waals surface area contributed by atoms with Gasteiger partial charge in [-0.25, -0.2) is 0 Å². The second-order valence-corrected chi connectivity index (χ2v) is 5.69. The van der Waals surface area contributed by atoms with Crippen LogP contribution in [-0.4, -0.2) is 33.9 Å². The fraction of sp³-hybridized carbons (Fsp3) is 0.538. The number of carbonyl (C=O) groups is 1. The number of nitrogens with zero attached hydrogens (tertiary/aromatic N) is 1. The normalized spacial score (nSPS) is 16.9. The smallest absolute Gasteiger partial charge is 0.230 e. The molecule has 1 aromatic heterocycles. The first-order valence-electron chi connectivity index (χ1n) is 6.14. The molecule has 4 nitrogen and oxygen atoms in total. The molecule has 18 heavy (non-hydrogen) atoms. The highest BCUT2D eigenvalue weighted by molar-refractivity contribution is 7.99. The van der Waals surface area contributed by atoms with Gasteiger partial charge in [0.2, 0.25) is 5.91 Å². The number of hydrogen-bond donors (Lipinski definition) is 2. The lowest BCUT2D eigenvalue weighted by atomic mass is 9.80. The molecule has 2 N–H and O–H groups in total. The van der Waals surface area contributed by atoms with Gasteiger partial charge >= 0.3 is 0 Å². The lowest BCUT2D eigenvalue weighted by Crippen LogP contribution is -2.48. The Morgan fingerprint density at radius 1 is 1.44 bits per heavy atom. The topological polar surface area (TPSA) is 62.2 Å². The first-order chi connectivity index (χ1) is 8.68. The quantitative estimate of drug-likeness (QED) is 0.816. The lowest BCUT2D eigenvalue weighted by molar-refractivity contribution is -0.121. The van der Waals surface area contributed by atoms with Gasteiger partial charge in [0.25, 0.3) is 0 Å². The van der Waals surface area contributed by atoms with E-state index in [9.17, 15) is 9.90 Å². The Bertz CT molecular complexity index is 393. The highest BCUT2D eigenvalue weighted by Crippen LogP contribution is 2.30. The van der Waals surface area contributed by atoms with Gasteiger partial charge in [0.05, 0.1) is 11.4 Å². The van der Waals surface area contributed by atoms with Gasteiger partial charge in [0.1, 0.15) is 0 Å². The van der Waals surface area contributed by atoms with Gasteiger partial charge in [-0.15, -0.1) is 11.8 Å². The molecule has 98 valence electrons. The molecule has 0 unspecified atom stereocenters. The molecule has 1 aliphatic carbocycles. The summed E-state index contributed by atoms with van der Waals surface area (Å²) in [6, 6.07) is 3.89. The van der Waals surface area contributed by atoms with E-state index in [0.29, 0.717) is 12.3 Å². The molecule has 1 heterocycles. The second-order valence-electron chi connectivity index (χ2n) is 4.70. The SMILES string of the molecule is O=C(CSCc1ccncc1)NCC1(O)CCC1. The van der Waals surface area contributed by atoms with Gasteiger partial charge in [-0.1, -0.05) is 0 Å². The van der Waals surface area contributed by atoms with Gasteiger partial charge in [0, 0.05) is 24.7 Å². The van der Waals surface area contributed by atoms with Crippen LogP contribution in [0.3, 0.4) is 0 Å². The van der Waals surface area contributed by atoms with E-state index in [-0.39, 0.29) is 5.91 Å². The minimum atomic E-state index is -0.634. The van der Waals surface area contributed by atoms with Gasteiger partial charge in [-0.2, -0.15) is 0 Å². The minimum absolute atomic E-state index is 0.00520. The summed E-state index contributed by atoms with van der Waals surface area (Å²) in [4.78, 5) is 15.5. The Morgan fingerprint density at radius 3 is 2.78 bits per heavy atom. The predicted octanol–water partition coefficient (Wildman–Crippen LogP) is 1.35. The molecule has 0 aliphatic heterocycles. The zero-order valence-corrected chi connectivity index (χ0v) is 11.1. The first-order valence-corrected chi connectivity index (χ1v) is 7.29. The van der Waals surface area contributed by atoms with Crippen LogP contribution < -0.4 is 5.32 Å². The van der Waals surface area contributed by atoms with Crippen LogP contribution in [0.15, 0.2) is 24.5 Å².